The summed E-state index contributed by atoms with van der Waals surface area (Å²) in [6.07, 6.45) is 0.219. The molecule has 2 heterocycles. The second-order valence-electron chi connectivity index (χ2n) is 6.17. The van der Waals surface area contributed by atoms with E-state index in [1.54, 1.807) is 12.0 Å². The van der Waals surface area contributed by atoms with Gasteiger partial charge in [-0.3, -0.25) is 9.69 Å². The molecule has 132 valence electrons. The van der Waals surface area contributed by atoms with Gasteiger partial charge in [0.15, 0.2) is 0 Å². The SMILES string of the molecule is COc1ccc(C2CC(=O)N(c3ccc(Br)cc3)C3=C2C(=O)OC3)cc1. The lowest BCUT2D eigenvalue weighted by atomic mass is 9.84. The van der Waals surface area contributed by atoms with Gasteiger partial charge in [-0.05, 0) is 42.0 Å². The van der Waals surface area contributed by atoms with E-state index in [-0.39, 0.29) is 30.8 Å². The molecule has 1 atom stereocenters. The lowest BCUT2D eigenvalue weighted by molar-refractivity contribution is -0.136. The predicted octanol–water partition coefficient (Wildman–Crippen LogP) is 3.79. The highest BCUT2D eigenvalue weighted by molar-refractivity contribution is 9.10. The van der Waals surface area contributed by atoms with Gasteiger partial charge in [-0.1, -0.05) is 28.1 Å². The summed E-state index contributed by atoms with van der Waals surface area (Å²) in [4.78, 5) is 26.9. The van der Waals surface area contributed by atoms with Gasteiger partial charge in [-0.2, -0.15) is 0 Å². The molecule has 26 heavy (non-hydrogen) atoms. The van der Waals surface area contributed by atoms with Crippen LogP contribution in [0.5, 0.6) is 5.75 Å². The van der Waals surface area contributed by atoms with Gasteiger partial charge in [0.25, 0.3) is 0 Å². The van der Waals surface area contributed by atoms with Crippen molar-refractivity contribution in [2.75, 3.05) is 18.6 Å². The van der Waals surface area contributed by atoms with Crippen molar-refractivity contribution < 1.29 is 19.1 Å². The minimum Gasteiger partial charge on any atom is -0.497 e. The van der Waals surface area contributed by atoms with Crippen LogP contribution in [0.4, 0.5) is 5.69 Å². The fourth-order valence-electron chi connectivity index (χ4n) is 3.46. The van der Waals surface area contributed by atoms with E-state index in [1.165, 1.54) is 0 Å². The predicted molar refractivity (Wildman–Crippen MR) is 100.0 cm³/mol. The average molecular weight is 414 g/mol. The third kappa shape index (κ3) is 2.80. The number of rotatable bonds is 3. The van der Waals surface area contributed by atoms with Gasteiger partial charge in [0.05, 0.1) is 18.4 Å². The molecule has 0 saturated heterocycles. The molecule has 0 radical (unpaired) electrons. The van der Waals surface area contributed by atoms with Crippen LogP contribution >= 0.6 is 15.9 Å². The van der Waals surface area contributed by atoms with Crippen molar-refractivity contribution >= 4 is 33.5 Å². The standard InChI is InChI=1S/C20H16BrNO4/c1-25-15-8-2-12(3-9-15)16-10-18(23)22(14-6-4-13(21)5-7-14)17-11-26-20(24)19(16)17/h2-9,16H,10-11H2,1H3. The number of anilines is 1. The van der Waals surface area contributed by atoms with E-state index in [2.05, 4.69) is 15.9 Å². The number of carbonyl (C=O) groups excluding carboxylic acids is 2. The van der Waals surface area contributed by atoms with Crippen molar-refractivity contribution in [2.24, 2.45) is 0 Å². The summed E-state index contributed by atoms with van der Waals surface area (Å²) in [5, 5.41) is 0. The molecule has 1 unspecified atom stereocenters. The van der Waals surface area contributed by atoms with Crippen molar-refractivity contribution in [2.45, 2.75) is 12.3 Å². The van der Waals surface area contributed by atoms with Crippen LogP contribution < -0.4 is 9.64 Å². The van der Waals surface area contributed by atoms with Gasteiger partial charge < -0.3 is 9.47 Å². The van der Waals surface area contributed by atoms with E-state index in [0.29, 0.717) is 11.3 Å². The van der Waals surface area contributed by atoms with E-state index in [1.807, 2.05) is 48.5 Å². The molecule has 0 aliphatic carbocycles. The smallest absolute Gasteiger partial charge is 0.336 e. The van der Waals surface area contributed by atoms with E-state index >= 15 is 0 Å². The molecule has 4 rings (SSSR count). The number of hydrogen-bond acceptors (Lipinski definition) is 4. The molecule has 0 aromatic heterocycles. The molecule has 2 aliphatic heterocycles. The first-order valence-electron chi connectivity index (χ1n) is 8.21. The first kappa shape index (κ1) is 16.8. The molecule has 0 spiro atoms. The number of ether oxygens (including phenoxy) is 2. The Labute approximate surface area is 159 Å². The number of methoxy groups -OCH3 is 1. The Hall–Kier alpha value is -2.60. The van der Waals surface area contributed by atoms with Crippen LogP contribution in [0.3, 0.4) is 0 Å². The maximum absolute atomic E-state index is 12.9. The highest BCUT2D eigenvalue weighted by atomic mass is 79.9. The number of nitrogens with zero attached hydrogens (tertiary/aromatic N) is 1. The first-order chi connectivity index (χ1) is 12.6. The van der Waals surface area contributed by atoms with Crippen LogP contribution in [0.25, 0.3) is 0 Å². The average Bonchev–Trinajstić information content (AvgIpc) is 3.04. The Balaban J connectivity index is 1.78. The summed E-state index contributed by atoms with van der Waals surface area (Å²) in [5.41, 5.74) is 2.84. The van der Waals surface area contributed by atoms with E-state index in [9.17, 15) is 9.59 Å². The summed E-state index contributed by atoms with van der Waals surface area (Å²) in [6, 6.07) is 14.9. The maximum Gasteiger partial charge on any atom is 0.336 e. The van der Waals surface area contributed by atoms with Gasteiger partial charge in [0.2, 0.25) is 5.91 Å². The Morgan fingerprint density at radius 2 is 1.77 bits per heavy atom. The van der Waals surface area contributed by atoms with Gasteiger partial charge in [0.1, 0.15) is 12.4 Å². The highest BCUT2D eigenvalue weighted by Gasteiger charge is 2.42. The molecule has 0 saturated carbocycles. The molecule has 6 heteroatoms. The number of benzene rings is 2. The lowest BCUT2D eigenvalue weighted by Crippen LogP contribution is -2.37. The third-order valence-corrected chi connectivity index (χ3v) is 5.25. The van der Waals surface area contributed by atoms with Crippen molar-refractivity contribution in [1.82, 2.24) is 0 Å². The molecule has 2 aromatic carbocycles. The van der Waals surface area contributed by atoms with E-state index in [4.69, 9.17) is 9.47 Å². The minimum absolute atomic E-state index is 0.0507. The number of amides is 1. The van der Waals surface area contributed by atoms with Gasteiger partial charge >= 0.3 is 5.97 Å². The van der Waals surface area contributed by atoms with Crippen molar-refractivity contribution in [3.63, 3.8) is 0 Å². The molecule has 1 amide bonds. The molecule has 5 nitrogen and oxygen atoms in total. The maximum atomic E-state index is 12.9. The minimum atomic E-state index is -0.351. The Bertz CT molecular complexity index is 902. The third-order valence-electron chi connectivity index (χ3n) is 4.72. The van der Waals surface area contributed by atoms with Crippen LogP contribution in [0.15, 0.2) is 64.3 Å². The van der Waals surface area contributed by atoms with Gasteiger partial charge in [-0.15, -0.1) is 0 Å². The zero-order chi connectivity index (χ0) is 18.3. The van der Waals surface area contributed by atoms with E-state index in [0.717, 1.165) is 21.5 Å². The molecule has 2 aliphatic rings. The highest BCUT2D eigenvalue weighted by Crippen LogP contribution is 2.42. The van der Waals surface area contributed by atoms with Crippen molar-refractivity contribution in [3.05, 3.63) is 69.8 Å². The van der Waals surface area contributed by atoms with Crippen LogP contribution in [0.2, 0.25) is 0 Å². The second-order valence-corrected chi connectivity index (χ2v) is 7.09. The number of esters is 1. The van der Waals surface area contributed by atoms with Crippen LogP contribution in [0, 0.1) is 0 Å². The number of hydrogen-bond donors (Lipinski definition) is 0. The van der Waals surface area contributed by atoms with Gasteiger partial charge in [0, 0.05) is 22.5 Å². The summed E-state index contributed by atoms with van der Waals surface area (Å²) in [6.45, 7) is 0.114. The van der Waals surface area contributed by atoms with Crippen LogP contribution in [0.1, 0.15) is 17.9 Å². The van der Waals surface area contributed by atoms with Crippen LogP contribution in [-0.4, -0.2) is 25.6 Å². The molecule has 0 fully saturated rings. The number of halogens is 1. The lowest BCUT2D eigenvalue weighted by Gasteiger charge is -2.32. The monoisotopic (exact) mass is 413 g/mol. The summed E-state index contributed by atoms with van der Waals surface area (Å²) in [5.74, 6) is 0.0290. The van der Waals surface area contributed by atoms with Crippen LogP contribution in [-0.2, 0) is 14.3 Å². The van der Waals surface area contributed by atoms with Crippen molar-refractivity contribution in [1.29, 1.82) is 0 Å². The fraction of sp³-hybridized carbons (Fsp3) is 0.200. The van der Waals surface area contributed by atoms with Crippen molar-refractivity contribution in [3.8, 4) is 5.75 Å². The quantitative estimate of drug-likeness (QED) is 0.718. The summed E-state index contributed by atoms with van der Waals surface area (Å²) < 4.78 is 11.4. The molecule has 2 aromatic rings. The summed E-state index contributed by atoms with van der Waals surface area (Å²) >= 11 is 3.40. The molecular weight excluding hydrogens is 398 g/mol. The molecule has 0 bridgehead atoms. The first-order valence-corrected chi connectivity index (χ1v) is 9.00. The largest absolute Gasteiger partial charge is 0.497 e. The summed E-state index contributed by atoms with van der Waals surface area (Å²) in [7, 11) is 1.60. The second kappa shape index (κ2) is 6.61. The normalized spacial score (nSPS) is 19.5. The molecule has 0 N–H and O–H groups in total. The Morgan fingerprint density at radius 1 is 1.08 bits per heavy atom. The van der Waals surface area contributed by atoms with Gasteiger partial charge in [-0.25, -0.2) is 4.79 Å². The topological polar surface area (TPSA) is 55.8 Å². The molecular formula is C20H16BrNO4. The zero-order valence-electron chi connectivity index (χ0n) is 14.1. The Kier molecular flexibility index (Phi) is 4.28. The van der Waals surface area contributed by atoms with E-state index < -0.39 is 0 Å². The number of carbonyl (C=O) groups is 2. The zero-order valence-corrected chi connectivity index (χ0v) is 15.7. The Morgan fingerprint density at radius 3 is 2.42 bits per heavy atom. The number of cyclic esters (lactones) is 1. The fourth-order valence-corrected chi connectivity index (χ4v) is 3.73.